The summed E-state index contributed by atoms with van der Waals surface area (Å²) in [5, 5.41) is 33.4. The number of hydrogen-bond acceptors (Lipinski definition) is 5. The van der Waals surface area contributed by atoms with Gasteiger partial charge in [-0.15, -0.1) is 0 Å². The molecule has 0 saturated carbocycles. The molecule has 0 aromatic heterocycles. The highest BCUT2D eigenvalue weighted by molar-refractivity contribution is 5.34. The van der Waals surface area contributed by atoms with Gasteiger partial charge in [0.1, 0.15) is 0 Å². The van der Waals surface area contributed by atoms with E-state index in [2.05, 4.69) is 26.1 Å². The van der Waals surface area contributed by atoms with Crippen LogP contribution in [-0.2, 0) is 0 Å². The Bertz CT molecular complexity index is 454. The number of nitrogens with one attached hydrogen (secondary N) is 1. The number of nitrogens with zero attached hydrogens (tertiary/aromatic N) is 1. The maximum atomic E-state index is 10.6. The second-order valence-electron chi connectivity index (χ2n) is 6.35. The van der Waals surface area contributed by atoms with Crippen LogP contribution in [0.3, 0.4) is 0 Å². The van der Waals surface area contributed by atoms with Gasteiger partial charge in [0, 0.05) is 12.1 Å². The van der Waals surface area contributed by atoms with Gasteiger partial charge in [-0.2, -0.15) is 0 Å². The first-order chi connectivity index (χ1) is 9.74. The zero-order valence-corrected chi connectivity index (χ0v) is 12.7. The summed E-state index contributed by atoms with van der Waals surface area (Å²) in [4.78, 5) is 10.1. The number of benzene rings is 1. The summed E-state index contributed by atoms with van der Waals surface area (Å²) in [5.41, 5.74) is 0.695. The van der Waals surface area contributed by atoms with Crippen LogP contribution in [-0.4, -0.2) is 34.3 Å². The van der Waals surface area contributed by atoms with Crippen LogP contribution in [0.1, 0.15) is 38.9 Å². The molecule has 0 aliphatic heterocycles. The van der Waals surface area contributed by atoms with E-state index >= 15 is 0 Å². The number of aliphatic hydroxyl groups excluding tert-OH is 2. The van der Waals surface area contributed by atoms with Crippen LogP contribution in [0.5, 0.6) is 0 Å². The van der Waals surface area contributed by atoms with Crippen LogP contribution < -0.4 is 5.32 Å². The predicted octanol–water partition coefficient (Wildman–Crippen LogP) is 2.01. The fourth-order valence-corrected chi connectivity index (χ4v) is 1.93. The number of rotatable bonds is 7. The molecular weight excluding hydrogens is 272 g/mol. The molecule has 21 heavy (non-hydrogen) atoms. The summed E-state index contributed by atoms with van der Waals surface area (Å²) in [5.74, 6) is 0. The lowest BCUT2D eigenvalue weighted by atomic mass is 9.92. The van der Waals surface area contributed by atoms with Gasteiger partial charge < -0.3 is 15.5 Å². The van der Waals surface area contributed by atoms with Gasteiger partial charge in [-0.1, -0.05) is 20.8 Å². The van der Waals surface area contributed by atoms with E-state index in [1.807, 2.05) is 0 Å². The molecule has 1 rings (SSSR count). The lowest BCUT2D eigenvalue weighted by Gasteiger charge is -2.25. The molecule has 0 bridgehead atoms. The zero-order chi connectivity index (χ0) is 16.0. The molecule has 0 saturated heterocycles. The highest BCUT2D eigenvalue weighted by Gasteiger charge is 2.21. The zero-order valence-electron chi connectivity index (χ0n) is 12.7. The Kier molecular flexibility index (Phi) is 6.26. The average Bonchev–Trinajstić information content (AvgIpc) is 2.42. The van der Waals surface area contributed by atoms with E-state index in [4.69, 9.17) is 0 Å². The molecule has 1 aromatic rings. The van der Waals surface area contributed by atoms with Crippen LogP contribution in [0.4, 0.5) is 5.69 Å². The fraction of sp³-hybridized carbons (Fsp3) is 0.600. The van der Waals surface area contributed by atoms with Crippen LogP contribution in [0.2, 0.25) is 0 Å². The van der Waals surface area contributed by atoms with Crippen LogP contribution in [0, 0.1) is 15.5 Å². The second-order valence-corrected chi connectivity index (χ2v) is 6.35. The van der Waals surface area contributed by atoms with Gasteiger partial charge in [0.25, 0.3) is 5.69 Å². The Balaban J connectivity index is 2.65. The molecule has 6 heteroatoms. The molecular formula is C15H24N2O4. The van der Waals surface area contributed by atoms with Crippen molar-refractivity contribution < 1.29 is 15.1 Å². The number of nitro groups is 1. The van der Waals surface area contributed by atoms with E-state index in [0.29, 0.717) is 12.1 Å². The van der Waals surface area contributed by atoms with E-state index in [1.165, 1.54) is 24.3 Å². The van der Waals surface area contributed by atoms with Crippen molar-refractivity contribution in [2.24, 2.45) is 5.41 Å². The molecule has 0 heterocycles. The second kappa shape index (κ2) is 7.49. The normalized spacial score (nSPS) is 14.7. The molecule has 0 amide bonds. The maximum absolute atomic E-state index is 10.6. The molecule has 3 N–H and O–H groups in total. The minimum atomic E-state index is -0.907. The van der Waals surface area contributed by atoms with Crippen molar-refractivity contribution in [3.8, 4) is 0 Å². The summed E-state index contributed by atoms with van der Waals surface area (Å²) in [6.07, 6.45) is 0.00648. The SMILES string of the molecule is CC(C)(C)CCNC(CO)C(O)c1ccc([N+](=O)[O-])cc1. The smallest absolute Gasteiger partial charge is 0.269 e. The molecule has 0 radical (unpaired) electrons. The molecule has 0 aliphatic rings. The Labute approximate surface area is 125 Å². The van der Waals surface area contributed by atoms with Gasteiger partial charge in [0.2, 0.25) is 0 Å². The minimum absolute atomic E-state index is 0.0211. The molecule has 1 aromatic carbocycles. The Morgan fingerprint density at radius 3 is 2.29 bits per heavy atom. The van der Waals surface area contributed by atoms with Crippen LogP contribution in [0.15, 0.2) is 24.3 Å². The standard InChI is InChI=1S/C15H24N2O4/c1-15(2,3)8-9-16-13(10-18)14(19)11-4-6-12(7-5-11)17(20)21/h4-7,13-14,16,18-19H,8-10H2,1-3H3. The van der Waals surface area contributed by atoms with Crippen molar-refractivity contribution in [1.82, 2.24) is 5.32 Å². The van der Waals surface area contributed by atoms with Crippen LogP contribution >= 0.6 is 0 Å². The number of non-ortho nitro benzene ring substituents is 1. The van der Waals surface area contributed by atoms with E-state index in [0.717, 1.165) is 6.42 Å². The third-order valence-electron chi connectivity index (χ3n) is 3.30. The average molecular weight is 296 g/mol. The number of nitro benzene ring substituents is 1. The largest absolute Gasteiger partial charge is 0.395 e. The highest BCUT2D eigenvalue weighted by Crippen LogP contribution is 2.21. The van der Waals surface area contributed by atoms with Crippen molar-refractivity contribution in [2.75, 3.05) is 13.2 Å². The first kappa shape index (κ1) is 17.6. The number of hydrogen-bond donors (Lipinski definition) is 3. The molecule has 2 atom stereocenters. The van der Waals surface area contributed by atoms with Crippen molar-refractivity contribution in [3.63, 3.8) is 0 Å². The lowest BCUT2D eigenvalue weighted by Crippen LogP contribution is -2.39. The van der Waals surface area contributed by atoms with Crippen molar-refractivity contribution in [2.45, 2.75) is 39.3 Å². The summed E-state index contributed by atoms with van der Waals surface area (Å²) in [6.45, 7) is 6.83. The van der Waals surface area contributed by atoms with Gasteiger partial charge in [0.05, 0.1) is 23.7 Å². The molecule has 6 nitrogen and oxygen atoms in total. The summed E-state index contributed by atoms with van der Waals surface area (Å²) in [6, 6.07) is 5.23. The maximum Gasteiger partial charge on any atom is 0.269 e. The lowest BCUT2D eigenvalue weighted by molar-refractivity contribution is -0.384. The summed E-state index contributed by atoms with van der Waals surface area (Å²) >= 11 is 0. The van der Waals surface area contributed by atoms with Gasteiger partial charge >= 0.3 is 0 Å². The van der Waals surface area contributed by atoms with Gasteiger partial charge in [-0.3, -0.25) is 10.1 Å². The Morgan fingerprint density at radius 1 is 1.29 bits per heavy atom. The monoisotopic (exact) mass is 296 g/mol. The minimum Gasteiger partial charge on any atom is -0.395 e. The third-order valence-corrected chi connectivity index (χ3v) is 3.30. The van der Waals surface area contributed by atoms with Gasteiger partial charge in [0.15, 0.2) is 0 Å². The molecule has 2 unspecified atom stereocenters. The summed E-state index contributed by atoms with van der Waals surface area (Å²) in [7, 11) is 0. The van der Waals surface area contributed by atoms with Crippen LogP contribution in [0.25, 0.3) is 0 Å². The molecule has 118 valence electrons. The predicted molar refractivity (Wildman–Crippen MR) is 81.0 cm³/mol. The third kappa shape index (κ3) is 5.79. The quantitative estimate of drug-likeness (QED) is 0.528. The van der Waals surface area contributed by atoms with E-state index in [9.17, 15) is 20.3 Å². The summed E-state index contributed by atoms with van der Waals surface area (Å²) < 4.78 is 0. The van der Waals surface area contributed by atoms with Gasteiger partial charge in [-0.05, 0) is 36.1 Å². The van der Waals surface area contributed by atoms with Crippen molar-refractivity contribution >= 4 is 5.69 Å². The Morgan fingerprint density at radius 2 is 1.86 bits per heavy atom. The fourth-order valence-electron chi connectivity index (χ4n) is 1.93. The molecule has 0 fully saturated rings. The molecule has 0 spiro atoms. The van der Waals surface area contributed by atoms with Crippen molar-refractivity contribution in [3.05, 3.63) is 39.9 Å². The first-order valence-corrected chi connectivity index (χ1v) is 7.01. The topological polar surface area (TPSA) is 95.6 Å². The Hall–Kier alpha value is -1.50. The molecule has 0 aliphatic carbocycles. The first-order valence-electron chi connectivity index (χ1n) is 7.01. The number of aliphatic hydroxyl groups is 2. The highest BCUT2D eigenvalue weighted by atomic mass is 16.6. The van der Waals surface area contributed by atoms with E-state index in [-0.39, 0.29) is 17.7 Å². The van der Waals surface area contributed by atoms with Gasteiger partial charge in [-0.25, -0.2) is 0 Å². The van der Waals surface area contributed by atoms with Crippen molar-refractivity contribution in [1.29, 1.82) is 0 Å². The van der Waals surface area contributed by atoms with E-state index in [1.54, 1.807) is 0 Å². The van der Waals surface area contributed by atoms with E-state index < -0.39 is 17.1 Å².